The summed E-state index contributed by atoms with van der Waals surface area (Å²) in [5.74, 6) is -0.115. The lowest BCUT2D eigenvalue weighted by molar-refractivity contribution is 0.0757. The van der Waals surface area contributed by atoms with Crippen LogP contribution < -0.4 is 5.32 Å². The quantitative estimate of drug-likeness (QED) is 0.592. The Bertz CT molecular complexity index is 436. The van der Waals surface area contributed by atoms with Crippen molar-refractivity contribution in [2.75, 3.05) is 13.2 Å². The fraction of sp³-hybridized carbons (Fsp3) is 0.600. The average molecular weight is 299 g/mol. The van der Waals surface area contributed by atoms with Crippen molar-refractivity contribution < 1.29 is 9.53 Å². The summed E-state index contributed by atoms with van der Waals surface area (Å²) >= 11 is 5.94. The third-order valence-electron chi connectivity index (χ3n) is 2.67. The van der Waals surface area contributed by atoms with E-state index in [1.807, 2.05) is 13.8 Å². The van der Waals surface area contributed by atoms with Crippen LogP contribution in [0.1, 0.15) is 49.7 Å². The maximum atomic E-state index is 12.0. The van der Waals surface area contributed by atoms with Gasteiger partial charge in [-0.05, 0) is 38.8 Å². The molecule has 1 N–H and O–H groups in total. The summed E-state index contributed by atoms with van der Waals surface area (Å²) in [4.78, 5) is 16.2. The van der Waals surface area contributed by atoms with Crippen molar-refractivity contribution in [2.45, 2.75) is 46.1 Å². The smallest absolute Gasteiger partial charge is 0.251 e. The molecule has 0 aliphatic rings. The molecule has 0 aliphatic carbocycles. The Balaban J connectivity index is 2.46. The summed E-state index contributed by atoms with van der Waals surface area (Å²) in [5, 5.41) is 3.23. The molecule has 4 nitrogen and oxygen atoms in total. The molecule has 0 fully saturated rings. The molecule has 0 unspecified atom stereocenters. The predicted molar refractivity (Wildman–Crippen MR) is 81.3 cm³/mol. The molecule has 20 heavy (non-hydrogen) atoms. The number of amides is 1. The number of nitrogens with one attached hydrogen (secondary N) is 1. The first kappa shape index (κ1) is 16.9. The zero-order valence-corrected chi connectivity index (χ0v) is 13.2. The van der Waals surface area contributed by atoms with Crippen molar-refractivity contribution in [3.8, 4) is 0 Å². The van der Waals surface area contributed by atoms with Gasteiger partial charge in [-0.15, -0.1) is 0 Å². The third kappa shape index (κ3) is 6.35. The molecule has 5 heteroatoms. The number of pyridine rings is 1. The summed E-state index contributed by atoms with van der Waals surface area (Å²) in [6.45, 7) is 7.29. The number of hydrogen-bond acceptors (Lipinski definition) is 3. The number of hydrogen-bond donors (Lipinski definition) is 1. The largest absolute Gasteiger partial charge is 0.379 e. The second-order valence-corrected chi connectivity index (χ2v) is 5.34. The minimum Gasteiger partial charge on any atom is -0.379 e. The van der Waals surface area contributed by atoms with E-state index in [0.717, 1.165) is 25.0 Å². The minimum absolute atomic E-state index is 0.115. The Morgan fingerprint density at radius 2 is 2.20 bits per heavy atom. The first-order valence-electron chi connectivity index (χ1n) is 7.09. The van der Waals surface area contributed by atoms with Gasteiger partial charge in [0.2, 0.25) is 0 Å². The summed E-state index contributed by atoms with van der Waals surface area (Å²) < 4.78 is 5.42. The van der Waals surface area contributed by atoms with E-state index < -0.39 is 0 Å². The second kappa shape index (κ2) is 8.93. The Kier molecular flexibility index (Phi) is 7.55. The van der Waals surface area contributed by atoms with E-state index in [4.69, 9.17) is 16.3 Å². The topological polar surface area (TPSA) is 51.2 Å². The summed E-state index contributed by atoms with van der Waals surface area (Å²) in [5.41, 5.74) is 1.42. The van der Waals surface area contributed by atoms with Crippen molar-refractivity contribution in [3.63, 3.8) is 0 Å². The van der Waals surface area contributed by atoms with Crippen LogP contribution in [-0.4, -0.2) is 30.1 Å². The van der Waals surface area contributed by atoms with Crippen molar-refractivity contribution in [3.05, 3.63) is 28.5 Å². The molecule has 1 rings (SSSR count). The summed E-state index contributed by atoms with van der Waals surface area (Å²) in [6, 6.07) is 3.40. The lowest BCUT2D eigenvalue weighted by Gasteiger charge is -2.09. The van der Waals surface area contributed by atoms with E-state index in [2.05, 4.69) is 17.2 Å². The van der Waals surface area contributed by atoms with Gasteiger partial charge in [0.05, 0.1) is 6.10 Å². The van der Waals surface area contributed by atoms with E-state index in [-0.39, 0.29) is 12.0 Å². The Morgan fingerprint density at radius 3 is 2.85 bits per heavy atom. The monoisotopic (exact) mass is 298 g/mol. The normalized spacial score (nSPS) is 10.8. The van der Waals surface area contributed by atoms with Gasteiger partial charge in [0.1, 0.15) is 5.15 Å². The number of rotatable bonds is 8. The van der Waals surface area contributed by atoms with E-state index in [0.29, 0.717) is 23.9 Å². The highest BCUT2D eigenvalue weighted by molar-refractivity contribution is 6.29. The summed E-state index contributed by atoms with van der Waals surface area (Å²) in [6.07, 6.45) is 2.82. The number of halogens is 1. The fourth-order valence-corrected chi connectivity index (χ4v) is 1.99. The molecule has 0 saturated heterocycles. The van der Waals surface area contributed by atoms with Gasteiger partial charge in [-0.25, -0.2) is 4.98 Å². The number of aryl methyl sites for hydroxylation is 1. The molecular weight excluding hydrogens is 276 g/mol. The molecule has 0 aromatic carbocycles. The standard InChI is InChI=1S/C15H23ClN2O2/c1-4-6-13-9-12(10-14(16)18-13)15(19)17-7-5-8-20-11(2)3/h9-11H,4-8H2,1-3H3,(H,17,19). The van der Waals surface area contributed by atoms with Crippen molar-refractivity contribution in [2.24, 2.45) is 0 Å². The lowest BCUT2D eigenvalue weighted by Crippen LogP contribution is -2.25. The second-order valence-electron chi connectivity index (χ2n) is 4.95. The molecule has 0 aliphatic heterocycles. The van der Waals surface area contributed by atoms with Crippen LogP contribution in [-0.2, 0) is 11.2 Å². The highest BCUT2D eigenvalue weighted by Gasteiger charge is 2.08. The molecule has 0 radical (unpaired) electrons. The number of aromatic nitrogens is 1. The first-order valence-corrected chi connectivity index (χ1v) is 7.47. The van der Waals surface area contributed by atoms with Gasteiger partial charge in [0.25, 0.3) is 5.91 Å². The van der Waals surface area contributed by atoms with Crippen LogP contribution >= 0.6 is 11.6 Å². The van der Waals surface area contributed by atoms with Crippen molar-refractivity contribution >= 4 is 17.5 Å². The maximum absolute atomic E-state index is 12.0. The molecule has 0 spiro atoms. The lowest BCUT2D eigenvalue weighted by atomic mass is 10.1. The maximum Gasteiger partial charge on any atom is 0.251 e. The Hall–Kier alpha value is -1.13. The van der Waals surface area contributed by atoms with Crippen LogP contribution in [0.3, 0.4) is 0 Å². The molecule has 112 valence electrons. The Morgan fingerprint density at radius 1 is 1.45 bits per heavy atom. The van der Waals surface area contributed by atoms with Crippen LogP contribution in [0.25, 0.3) is 0 Å². The zero-order valence-electron chi connectivity index (χ0n) is 12.4. The van der Waals surface area contributed by atoms with Gasteiger partial charge in [0.15, 0.2) is 0 Å². The molecule has 1 heterocycles. The van der Waals surface area contributed by atoms with Crippen LogP contribution in [0.2, 0.25) is 5.15 Å². The van der Waals surface area contributed by atoms with Gasteiger partial charge >= 0.3 is 0 Å². The average Bonchev–Trinajstić information content (AvgIpc) is 2.37. The molecule has 1 aromatic heterocycles. The van der Waals surface area contributed by atoms with Gasteiger partial charge < -0.3 is 10.1 Å². The predicted octanol–water partition coefficient (Wildman–Crippen LogP) is 3.23. The highest BCUT2D eigenvalue weighted by atomic mass is 35.5. The molecule has 1 amide bonds. The number of carbonyl (C=O) groups is 1. The Labute approximate surface area is 125 Å². The molecular formula is C15H23ClN2O2. The van der Waals surface area contributed by atoms with Gasteiger partial charge in [-0.1, -0.05) is 24.9 Å². The van der Waals surface area contributed by atoms with Crippen LogP contribution in [0.4, 0.5) is 0 Å². The minimum atomic E-state index is -0.115. The van der Waals surface area contributed by atoms with Gasteiger partial charge in [-0.2, -0.15) is 0 Å². The summed E-state index contributed by atoms with van der Waals surface area (Å²) in [7, 11) is 0. The third-order valence-corrected chi connectivity index (χ3v) is 2.87. The molecule has 0 saturated carbocycles. The van der Waals surface area contributed by atoms with Crippen LogP contribution in [0.15, 0.2) is 12.1 Å². The first-order chi connectivity index (χ1) is 9.52. The number of ether oxygens (including phenoxy) is 1. The SMILES string of the molecule is CCCc1cc(C(=O)NCCCOC(C)C)cc(Cl)n1. The van der Waals surface area contributed by atoms with E-state index in [1.165, 1.54) is 0 Å². The fourth-order valence-electron chi connectivity index (χ4n) is 1.76. The van der Waals surface area contributed by atoms with Crippen molar-refractivity contribution in [1.82, 2.24) is 10.3 Å². The highest BCUT2D eigenvalue weighted by Crippen LogP contribution is 2.12. The van der Waals surface area contributed by atoms with Gasteiger partial charge in [0, 0.05) is 24.4 Å². The van der Waals surface area contributed by atoms with Crippen LogP contribution in [0.5, 0.6) is 0 Å². The van der Waals surface area contributed by atoms with Gasteiger partial charge in [-0.3, -0.25) is 4.79 Å². The molecule has 0 atom stereocenters. The number of carbonyl (C=O) groups excluding carboxylic acids is 1. The van der Waals surface area contributed by atoms with Crippen LogP contribution in [0, 0.1) is 0 Å². The molecule has 1 aromatic rings. The van der Waals surface area contributed by atoms with Crippen molar-refractivity contribution in [1.29, 1.82) is 0 Å². The van der Waals surface area contributed by atoms with E-state index in [1.54, 1.807) is 12.1 Å². The van der Waals surface area contributed by atoms with E-state index in [9.17, 15) is 4.79 Å². The zero-order chi connectivity index (χ0) is 15.0. The number of nitrogens with zero attached hydrogens (tertiary/aromatic N) is 1. The molecule has 0 bridgehead atoms. The van der Waals surface area contributed by atoms with E-state index >= 15 is 0 Å².